The van der Waals surface area contributed by atoms with E-state index in [0.717, 1.165) is 61.3 Å². The minimum atomic E-state index is 0. The Morgan fingerprint density at radius 1 is 0.489 bits per heavy atom. The van der Waals surface area contributed by atoms with Gasteiger partial charge in [-0.3, -0.25) is 4.99 Å². The van der Waals surface area contributed by atoms with Crippen LogP contribution in [0, 0.1) is 0 Å². The number of aliphatic imine (C=N–C) groups is 2. The molecule has 2 aromatic rings. The predicted octanol–water partition coefficient (Wildman–Crippen LogP) is 13.6. The van der Waals surface area contributed by atoms with Gasteiger partial charge >= 0.3 is 0 Å². The maximum absolute atomic E-state index is 5.42. The summed E-state index contributed by atoms with van der Waals surface area (Å²) in [6, 6.07) is 14.3. The molecule has 0 fully saturated rings. The smallest absolute Gasteiger partial charge is 0.0848 e. The Hall–Kier alpha value is -1.99. The topological polar surface area (TPSA) is 24.7 Å². The predicted molar refractivity (Wildman–Crippen MR) is 199 cm³/mol. The van der Waals surface area contributed by atoms with Crippen molar-refractivity contribution < 1.29 is 16.5 Å². The fourth-order valence-corrected chi connectivity index (χ4v) is 5.94. The first-order valence-corrected chi connectivity index (χ1v) is 18.6. The summed E-state index contributed by atoms with van der Waals surface area (Å²) < 4.78 is 0. The van der Waals surface area contributed by atoms with Gasteiger partial charge in [0, 0.05) is 16.5 Å². The fourth-order valence-electron chi connectivity index (χ4n) is 5.94. The summed E-state index contributed by atoms with van der Waals surface area (Å²) in [5.74, 6) is 0. The second kappa shape index (κ2) is 26.1. The molecule has 3 heteroatoms. The molecular formula is C42H66N2Ni. The van der Waals surface area contributed by atoms with E-state index in [1.807, 2.05) is 0 Å². The largest absolute Gasteiger partial charge is 0.251 e. The van der Waals surface area contributed by atoms with Gasteiger partial charge in [0.2, 0.25) is 0 Å². The molecule has 45 heavy (non-hydrogen) atoms. The zero-order chi connectivity index (χ0) is 31.8. The van der Waals surface area contributed by atoms with Crippen molar-refractivity contribution in [3.05, 3.63) is 70.8 Å². The Labute approximate surface area is 289 Å². The molecule has 0 spiro atoms. The molecule has 0 atom stereocenters. The van der Waals surface area contributed by atoms with Crippen LogP contribution in [0.15, 0.2) is 58.5 Å². The van der Waals surface area contributed by atoms with Crippen molar-refractivity contribution in [1.82, 2.24) is 0 Å². The van der Waals surface area contributed by atoms with E-state index in [2.05, 4.69) is 90.1 Å². The van der Waals surface area contributed by atoms with Gasteiger partial charge in [0.15, 0.2) is 0 Å². The van der Waals surface area contributed by atoms with Crippen molar-refractivity contribution in [2.24, 2.45) is 9.98 Å². The van der Waals surface area contributed by atoms with E-state index in [1.165, 1.54) is 112 Å². The third kappa shape index (κ3) is 17.5. The first-order chi connectivity index (χ1) is 21.6. The molecule has 0 saturated heterocycles. The summed E-state index contributed by atoms with van der Waals surface area (Å²) >= 11 is 0. The number of allylic oxidation sites excluding steroid dienone is 2. The second-order valence-corrected chi connectivity index (χ2v) is 12.9. The number of hydrogen-bond donors (Lipinski definition) is 0. The molecule has 0 aliphatic heterocycles. The minimum absolute atomic E-state index is 0. The number of unbranched alkanes of at least 4 members (excludes halogenated alkanes) is 10. The van der Waals surface area contributed by atoms with Crippen LogP contribution in [-0.2, 0) is 42.2 Å². The molecule has 0 aromatic heterocycles. The first kappa shape index (κ1) is 41.0. The molecule has 0 radical (unpaired) electrons. The standard InChI is InChI=1S/C42H66N2.Ni/c1-7-13-18-24-35-29-36(25-19-14-8-2)32-39(31-35)43-41(23-12-6)42(28-22-17-11-5)44-40-33-37(26-20-15-9-3)30-38(34-40)27-21-16-10-4;/h12,23,29-34H,7-11,13-22,24-28H2,1-6H3;/b23-12-,43-41+,44-42+;. The number of benzene rings is 2. The monoisotopic (exact) mass is 656 g/mol. The molecule has 0 bridgehead atoms. The van der Waals surface area contributed by atoms with Crippen LogP contribution in [-0.4, -0.2) is 11.4 Å². The van der Waals surface area contributed by atoms with Crippen molar-refractivity contribution in [2.45, 2.75) is 170 Å². The van der Waals surface area contributed by atoms with Gasteiger partial charge in [-0.1, -0.05) is 117 Å². The van der Waals surface area contributed by atoms with Crippen LogP contribution in [0.2, 0.25) is 0 Å². The Bertz CT molecular complexity index is 1090. The van der Waals surface area contributed by atoms with E-state index in [4.69, 9.17) is 9.98 Å². The molecule has 0 saturated carbocycles. The average Bonchev–Trinajstić information content (AvgIpc) is 3.01. The molecule has 0 aliphatic rings. The first-order valence-electron chi connectivity index (χ1n) is 18.6. The van der Waals surface area contributed by atoms with Gasteiger partial charge < -0.3 is 0 Å². The van der Waals surface area contributed by atoms with Crippen molar-refractivity contribution in [1.29, 1.82) is 0 Å². The number of nitrogens with zero attached hydrogens (tertiary/aromatic N) is 2. The molecule has 0 unspecified atom stereocenters. The van der Waals surface area contributed by atoms with Gasteiger partial charge in [-0.2, -0.15) is 0 Å². The Balaban J connectivity index is 0.0000101. The Kier molecular flexibility index (Phi) is 23.8. The van der Waals surface area contributed by atoms with Gasteiger partial charge in [-0.05, 0) is 124 Å². The normalized spacial score (nSPS) is 12.2. The van der Waals surface area contributed by atoms with Crippen molar-refractivity contribution in [2.75, 3.05) is 0 Å². The van der Waals surface area contributed by atoms with Crippen molar-refractivity contribution in [3.63, 3.8) is 0 Å². The van der Waals surface area contributed by atoms with E-state index >= 15 is 0 Å². The summed E-state index contributed by atoms with van der Waals surface area (Å²) in [6.45, 7) is 13.5. The zero-order valence-electron chi connectivity index (χ0n) is 30.0. The molecular weight excluding hydrogens is 591 g/mol. The van der Waals surface area contributed by atoms with Gasteiger partial charge in [-0.15, -0.1) is 0 Å². The van der Waals surface area contributed by atoms with E-state index in [9.17, 15) is 0 Å². The summed E-state index contributed by atoms with van der Waals surface area (Å²) in [4.78, 5) is 10.8. The average molecular weight is 658 g/mol. The molecule has 2 nitrogen and oxygen atoms in total. The zero-order valence-corrected chi connectivity index (χ0v) is 31.0. The summed E-state index contributed by atoms with van der Waals surface area (Å²) in [7, 11) is 0. The van der Waals surface area contributed by atoms with E-state index in [1.54, 1.807) is 0 Å². The van der Waals surface area contributed by atoms with E-state index in [0.29, 0.717) is 0 Å². The van der Waals surface area contributed by atoms with Crippen LogP contribution in [0.3, 0.4) is 0 Å². The van der Waals surface area contributed by atoms with E-state index in [-0.39, 0.29) is 16.5 Å². The third-order valence-corrected chi connectivity index (χ3v) is 8.50. The van der Waals surface area contributed by atoms with Gasteiger partial charge in [0.1, 0.15) is 0 Å². The summed E-state index contributed by atoms with van der Waals surface area (Å²) in [6.07, 6.45) is 28.6. The maximum atomic E-state index is 5.42. The molecule has 0 aliphatic carbocycles. The molecule has 254 valence electrons. The number of aryl methyl sites for hydroxylation is 4. The second-order valence-electron chi connectivity index (χ2n) is 12.9. The minimum Gasteiger partial charge on any atom is -0.251 e. The van der Waals surface area contributed by atoms with Crippen LogP contribution in [0.5, 0.6) is 0 Å². The van der Waals surface area contributed by atoms with Crippen LogP contribution in [0.1, 0.15) is 167 Å². The van der Waals surface area contributed by atoms with Crippen molar-refractivity contribution in [3.8, 4) is 0 Å². The van der Waals surface area contributed by atoms with Gasteiger partial charge in [0.25, 0.3) is 0 Å². The summed E-state index contributed by atoms with van der Waals surface area (Å²) in [5, 5.41) is 0. The Morgan fingerprint density at radius 3 is 1.20 bits per heavy atom. The molecule has 0 N–H and O–H groups in total. The molecule has 2 aromatic carbocycles. The SMILES string of the molecule is C\C=C/C(=N\c1cc(CCCCC)cc(CCCCC)c1)C(/CCCCC)=N/c1cc(CCCCC)cc(CCCCC)c1.[Ni]. The molecule has 0 heterocycles. The molecule has 0 amide bonds. The van der Waals surface area contributed by atoms with Gasteiger partial charge in [-0.25, -0.2) is 4.99 Å². The van der Waals surface area contributed by atoms with Gasteiger partial charge in [0.05, 0.1) is 22.8 Å². The van der Waals surface area contributed by atoms with Crippen molar-refractivity contribution >= 4 is 22.8 Å². The van der Waals surface area contributed by atoms with E-state index < -0.39 is 0 Å². The maximum Gasteiger partial charge on any atom is 0.0848 e. The molecule has 2 rings (SSSR count). The number of rotatable bonds is 24. The van der Waals surface area contributed by atoms with Crippen LogP contribution in [0.25, 0.3) is 0 Å². The fraction of sp³-hybridized carbons (Fsp3) is 0.619. The quantitative estimate of drug-likeness (QED) is 0.0610. The number of hydrogen-bond acceptors (Lipinski definition) is 2. The summed E-state index contributed by atoms with van der Waals surface area (Å²) in [5.41, 5.74) is 10.1. The van der Waals surface area contributed by atoms with Crippen LogP contribution >= 0.6 is 0 Å². The van der Waals surface area contributed by atoms with Crippen LogP contribution < -0.4 is 0 Å². The third-order valence-electron chi connectivity index (χ3n) is 8.50. The Morgan fingerprint density at radius 2 is 0.844 bits per heavy atom. The van der Waals surface area contributed by atoms with Crippen LogP contribution in [0.4, 0.5) is 11.4 Å².